The number of pyridine rings is 2. The minimum atomic E-state index is -2.70. The molecule has 5 rings (SSSR count). The Hall–Kier alpha value is -3.60. The topological polar surface area (TPSA) is 101 Å². The molecule has 2 saturated heterocycles. The molecule has 0 aromatic carbocycles. The van der Waals surface area contributed by atoms with Crippen molar-refractivity contribution >= 4 is 23.0 Å². The summed E-state index contributed by atoms with van der Waals surface area (Å²) < 4.78 is 28.5. The number of amides is 2. The van der Waals surface area contributed by atoms with Crippen LogP contribution in [0, 0.1) is 0 Å². The third-order valence-corrected chi connectivity index (χ3v) is 5.43. The number of halogens is 2. The molecule has 2 N–H and O–H groups in total. The molecule has 3 aromatic heterocycles. The summed E-state index contributed by atoms with van der Waals surface area (Å²) in [6, 6.07) is 7.11. The highest BCUT2D eigenvalue weighted by Crippen LogP contribution is 2.29. The Labute approximate surface area is 175 Å². The number of rotatable bonds is 3. The predicted octanol–water partition coefficient (Wildman–Crippen LogP) is 2.53. The zero-order chi connectivity index (χ0) is 21.6. The molecule has 0 bridgehead atoms. The molecular weight excluding hydrogens is 410 g/mol. The van der Waals surface area contributed by atoms with Crippen LogP contribution in [0.15, 0.2) is 42.9 Å². The first-order valence-electron chi connectivity index (χ1n) is 9.73. The van der Waals surface area contributed by atoms with E-state index in [4.69, 9.17) is 0 Å². The summed E-state index contributed by atoms with van der Waals surface area (Å²) in [5.41, 5.74) is 4.86. The fraction of sp³-hybridized carbons (Fsp3) is 0.300. The second kappa shape index (κ2) is 7.27. The minimum Gasteiger partial charge on any atom is -0.351 e. The van der Waals surface area contributed by atoms with Gasteiger partial charge < -0.3 is 9.74 Å². The van der Waals surface area contributed by atoms with E-state index in [1.54, 1.807) is 18.3 Å². The van der Waals surface area contributed by atoms with Crippen molar-refractivity contribution < 1.29 is 23.2 Å². The van der Waals surface area contributed by atoms with E-state index >= 15 is 0 Å². The number of hydroxylamine groups is 1. The summed E-state index contributed by atoms with van der Waals surface area (Å²) in [7, 11) is 0. The monoisotopic (exact) mass is 428 g/mol. The zero-order valence-corrected chi connectivity index (χ0v) is 16.2. The van der Waals surface area contributed by atoms with Gasteiger partial charge in [-0.1, -0.05) is 0 Å². The van der Waals surface area contributed by atoms with Crippen LogP contribution in [0.3, 0.4) is 0 Å². The van der Waals surface area contributed by atoms with Gasteiger partial charge >= 0.3 is 6.09 Å². The number of carbonyl (C=O) groups excluding carboxylic acids is 2. The van der Waals surface area contributed by atoms with Crippen LogP contribution in [0.5, 0.6) is 0 Å². The van der Waals surface area contributed by atoms with Gasteiger partial charge in [0.25, 0.3) is 11.8 Å². The van der Waals surface area contributed by atoms with Gasteiger partial charge in [-0.25, -0.2) is 18.6 Å². The van der Waals surface area contributed by atoms with E-state index in [0.717, 1.165) is 11.1 Å². The number of hydrogen-bond acceptors (Lipinski definition) is 6. The van der Waals surface area contributed by atoms with Gasteiger partial charge in [0.2, 0.25) is 0 Å². The van der Waals surface area contributed by atoms with Crippen LogP contribution in [0.25, 0.3) is 16.7 Å². The average Bonchev–Trinajstić information content (AvgIpc) is 3.39. The van der Waals surface area contributed by atoms with Gasteiger partial charge in [0.1, 0.15) is 5.65 Å². The third kappa shape index (κ3) is 3.67. The average molecular weight is 428 g/mol. The molecule has 0 radical (unpaired) electrons. The lowest BCUT2D eigenvalue weighted by Gasteiger charge is -2.31. The van der Waals surface area contributed by atoms with Crippen molar-refractivity contribution in [2.75, 3.05) is 13.1 Å². The highest BCUT2D eigenvalue weighted by Gasteiger charge is 2.35. The highest BCUT2D eigenvalue weighted by molar-refractivity contribution is 5.97. The van der Waals surface area contributed by atoms with Gasteiger partial charge in [-0.3, -0.25) is 19.7 Å². The van der Waals surface area contributed by atoms with E-state index < -0.39 is 18.2 Å². The quantitative estimate of drug-likeness (QED) is 0.665. The molecule has 2 fully saturated rings. The van der Waals surface area contributed by atoms with E-state index in [1.165, 1.54) is 11.1 Å². The molecule has 1 atom stereocenters. The van der Waals surface area contributed by atoms with Crippen LogP contribution in [-0.4, -0.2) is 50.4 Å². The van der Waals surface area contributed by atoms with Gasteiger partial charge in [0.05, 0.1) is 23.1 Å². The molecule has 0 spiro atoms. The fourth-order valence-corrected chi connectivity index (χ4v) is 3.70. The maximum absolute atomic E-state index is 13.4. The third-order valence-electron chi connectivity index (χ3n) is 5.43. The van der Waals surface area contributed by atoms with E-state index in [9.17, 15) is 18.4 Å². The molecule has 160 valence electrons. The van der Waals surface area contributed by atoms with Gasteiger partial charge in [0, 0.05) is 43.7 Å². The molecule has 0 aliphatic carbocycles. The van der Waals surface area contributed by atoms with Crippen molar-refractivity contribution in [3.63, 3.8) is 0 Å². The summed E-state index contributed by atoms with van der Waals surface area (Å²) in [4.78, 5) is 38.7. The molecule has 9 nitrogen and oxygen atoms in total. The molecular formula is C20H18F2N6O3. The van der Waals surface area contributed by atoms with Crippen LogP contribution in [0.2, 0.25) is 0 Å². The molecule has 2 aliphatic heterocycles. The van der Waals surface area contributed by atoms with Crippen LogP contribution in [-0.2, 0) is 4.84 Å². The Morgan fingerprint density at radius 3 is 2.65 bits per heavy atom. The standard InChI is InChI=1S/C20H18F2N6O3/c21-20(22)4-7-27(8-5-20)18(29)13-9-12-3-6-28(17(12)24-10-13)14-1-2-15(23-11-14)16-25-19(30)31-26-16/h1-3,6,9-11,16,26H,4-5,7-8H2,(H,25,30). The number of nitrogens with zero attached hydrogens (tertiary/aromatic N) is 4. The second-order valence-electron chi connectivity index (χ2n) is 7.50. The number of piperidine rings is 1. The first-order chi connectivity index (χ1) is 14.9. The zero-order valence-electron chi connectivity index (χ0n) is 16.2. The Bertz CT molecular complexity index is 1150. The Balaban J connectivity index is 1.36. The van der Waals surface area contributed by atoms with Gasteiger partial charge in [-0.15, -0.1) is 5.48 Å². The van der Waals surface area contributed by atoms with Crippen LogP contribution in [0.1, 0.15) is 35.1 Å². The van der Waals surface area contributed by atoms with E-state index in [-0.39, 0.29) is 31.8 Å². The largest absolute Gasteiger partial charge is 0.427 e. The van der Waals surface area contributed by atoms with Crippen molar-refractivity contribution in [3.8, 4) is 5.69 Å². The molecule has 1 unspecified atom stereocenters. The Morgan fingerprint density at radius 2 is 1.97 bits per heavy atom. The lowest BCUT2D eigenvalue weighted by molar-refractivity contribution is -0.0494. The first-order valence-corrected chi connectivity index (χ1v) is 9.73. The smallest absolute Gasteiger partial charge is 0.351 e. The van der Waals surface area contributed by atoms with E-state index in [2.05, 4.69) is 25.6 Å². The minimum absolute atomic E-state index is 0.0320. The van der Waals surface area contributed by atoms with E-state index in [1.807, 2.05) is 22.9 Å². The highest BCUT2D eigenvalue weighted by atomic mass is 19.3. The van der Waals surface area contributed by atoms with Gasteiger partial charge in [0.15, 0.2) is 6.17 Å². The number of likely N-dealkylation sites (tertiary alicyclic amines) is 1. The number of nitrogens with one attached hydrogen (secondary N) is 2. The number of alkyl halides is 2. The maximum Gasteiger partial charge on any atom is 0.427 e. The molecule has 5 heterocycles. The summed E-state index contributed by atoms with van der Waals surface area (Å²) in [5.74, 6) is -3.00. The SMILES string of the molecule is O=C1NC(c2ccc(-n3ccc4cc(C(=O)N5CCC(F)(F)CC5)cnc43)cn2)NO1. The molecule has 2 aliphatic rings. The lowest BCUT2D eigenvalue weighted by atomic mass is 10.1. The fourth-order valence-electron chi connectivity index (χ4n) is 3.70. The van der Waals surface area contributed by atoms with Gasteiger partial charge in [-0.05, 0) is 24.3 Å². The van der Waals surface area contributed by atoms with Crippen molar-refractivity contribution in [1.29, 1.82) is 0 Å². The predicted molar refractivity (Wildman–Crippen MR) is 104 cm³/mol. The summed E-state index contributed by atoms with van der Waals surface area (Å²) in [6.07, 6.45) is 3.17. The Kier molecular flexibility index (Phi) is 4.54. The van der Waals surface area contributed by atoms with Crippen LogP contribution < -0.4 is 10.8 Å². The first kappa shape index (κ1) is 19.4. The van der Waals surface area contributed by atoms with Crippen LogP contribution >= 0.6 is 0 Å². The maximum atomic E-state index is 13.4. The summed E-state index contributed by atoms with van der Waals surface area (Å²) >= 11 is 0. The lowest BCUT2D eigenvalue weighted by Crippen LogP contribution is -2.42. The molecule has 0 saturated carbocycles. The normalized spacial score (nSPS) is 20.5. The Morgan fingerprint density at radius 1 is 1.16 bits per heavy atom. The number of aromatic nitrogens is 3. The van der Waals surface area contributed by atoms with Crippen molar-refractivity contribution in [2.45, 2.75) is 24.9 Å². The van der Waals surface area contributed by atoms with Gasteiger partial charge in [-0.2, -0.15) is 0 Å². The summed E-state index contributed by atoms with van der Waals surface area (Å²) in [5, 5.41) is 3.32. The van der Waals surface area contributed by atoms with Crippen LogP contribution in [0.4, 0.5) is 13.6 Å². The number of carbonyl (C=O) groups is 2. The number of fused-ring (bicyclic) bond motifs is 1. The number of hydrogen-bond donors (Lipinski definition) is 2. The second-order valence-corrected chi connectivity index (χ2v) is 7.50. The van der Waals surface area contributed by atoms with Crippen molar-refractivity contribution in [1.82, 2.24) is 30.2 Å². The van der Waals surface area contributed by atoms with Crippen molar-refractivity contribution in [2.24, 2.45) is 0 Å². The molecule has 11 heteroatoms. The molecule has 31 heavy (non-hydrogen) atoms. The van der Waals surface area contributed by atoms with E-state index in [0.29, 0.717) is 16.9 Å². The van der Waals surface area contributed by atoms with Crippen molar-refractivity contribution in [3.05, 3.63) is 54.1 Å². The molecule has 3 aromatic rings. The molecule has 2 amide bonds. The summed E-state index contributed by atoms with van der Waals surface area (Å²) in [6.45, 7) is 0.0640.